The Hall–Kier alpha value is -3.49. The first-order valence-electron chi connectivity index (χ1n) is 12.1. The molecule has 0 atom stereocenters. The van der Waals surface area contributed by atoms with Crippen LogP contribution < -0.4 is 15.4 Å². The van der Waals surface area contributed by atoms with Crippen molar-refractivity contribution < 1.29 is 14.3 Å². The summed E-state index contributed by atoms with van der Waals surface area (Å²) in [5, 5.41) is 7.19. The number of amides is 3. The Labute approximate surface area is 224 Å². The highest BCUT2D eigenvalue weighted by Gasteiger charge is 2.23. The van der Waals surface area contributed by atoms with Gasteiger partial charge in [0.25, 0.3) is 0 Å². The van der Waals surface area contributed by atoms with Crippen LogP contribution in [0.15, 0.2) is 71.1 Å². The minimum Gasteiger partial charge on any atom is -0.496 e. The van der Waals surface area contributed by atoms with Crippen LogP contribution in [0.4, 0.5) is 10.5 Å². The van der Waals surface area contributed by atoms with Crippen LogP contribution in [0.1, 0.15) is 24.8 Å². The molecule has 1 fully saturated rings. The second kappa shape index (κ2) is 10.9. The molecule has 0 unspecified atom stereocenters. The summed E-state index contributed by atoms with van der Waals surface area (Å²) in [6, 6.07) is 11.7. The van der Waals surface area contributed by atoms with Gasteiger partial charge in [-0.05, 0) is 61.2 Å². The number of hydrogen-bond acceptors (Lipinski definition) is 5. The monoisotopic (exact) mass is 534 g/mol. The summed E-state index contributed by atoms with van der Waals surface area (Å²) in [6.07, 6.45) is 7.97. The highest BCUT2D eigenvalue weighted by molar-refractivity contribution is 7.99. The second-order valence-corrected chi connectivity index (χ2v) is 10.5. The van der Waals surface area contributed by atoms with Crippen molar-refractivity contribution >= 4 is 57.5 Å². The zero-order valence-corrected chi connectivity index (χ0v) is 22.0. The molecule has 2 heterocycles. The fourth-order valence-corrected chi connectivity index (χ4v) is 5.52. The Balaban J connectivity index is 1.41. The number of carbonyl (C=O) groups is 2. The van der Waals surface area contributed by atoms with Crippen molar-refractivity contribution in [2.75, 3.05) is 25.5 Å². The Bertz CT molecular complexity index is 1420. The van der Waals surface area contributed by atoms with Crippen molar-refractivity contribution in [1.82, 2.24) is 15.2 Å². The molecule has 190 valence electrons. The molecule has 1 aliphatic heterocycles. The van der Waals surface area contributed by atoms with Crippen LogP contribution in [0.25, 0.3) is 16.5 Å². The van der Waals surface area contributed by atoms with Crippen molar-refractivity contribution in [1.29, 1.82) is 0 Å². The number of hydrogen-bond donors (Lipinski definition) is 2. The molecule has 3 amide bonds. The minimum absolute atomic E-state index is 0.0629. The molecule has 7 nitrogen and oxygen atoms in total. The topological polar surface area (TPSA) is 83.6 Å². The molecule has 2 aliphatic rings. The SMILES string of the molecule is C=CC(=O)N1CC=C(c2cc3c(Sc4ccc(NC(=O)NC5CC5)c(Cl)c4)ccnc3cc2OC)CC1. The Morgan fingerprint density at radius 3 is 2.76 bits per heavy atom. The molecule has 1 aromatic heterocycles. The number of urea groups is 1. The normalized spacial score (nSPS) is 15.2. The van der Waals surface area contributed by atoms with Crippen LogP contribution in [0.3, 0.4) is 0 Å². The Morgan fingerprint density at radius 1 is 1.24 bits per heavy atom. The lowest BCUT2D eigenvalue weighted by molar-refractivity contribution is -0.125. The average Bonchev–Trinajstić information content (AvgIpc) is 3.73. The third kappa shape index (κ3) is 5.76. The molecule has 9 heteroatoms. The van der Waals surface area contributed by atoms with Gasteiger partial charge in [0.2, 0.25) is 5.91 Å². The number of carbonyl (C=O) groups excluding carboxylic acids is 2. The molecule has 5 rings (SSSR count). The van der Waals surface area contributed by atoms with E-state index in [4.69, 9.17) is 16.3 Å². The summed E-state index contributed by atoms with van der Waals surface area (Å²) in [6.45, 7) is 4.75. The quantitative estimate of drug-likeness (QED) is 0.356. The van der Waals surface area contributed by atoms with E-state index in [0.717, 1.165) is 56.8 Å². The molecule has 0 bridgehead atoms. The number of fused-ring (bicyclic) bond motifs is 1. The lowest BCUT2D eigenvalue weighted by atomic mass is 9.96. The first-order valence-corrected chi connectivity index (χ1v) is 13.3. The number of benzene rings is 2. The van der Waals surface area contributed by atoms with Crippen LogP contribution in [0.2, 0.25) is 5.02 Å². The number of nitrogens with zero attached hydrogens (tertiary/aromatic N) is 2. The predicted molar refractivity (Wildman–Crippen MR) is 148 cm³/mol. The number of pyridine rings is 1. The number of aromatic nitrogens is 1. The highest BCUT2D eigenvalue weighted by Crippen LogP contribution is 2.40. The zero-order valence-electron chi connectivity index (χ0n) is 20.4. The van der Waals surface area contributed by atoms with Gasteiger partial charge in [0.1, 0.15) is 5.75 Å². The van der Waals surface area contributed by atoms with Crippen LogP contribution in [0, 0.1) is 0 Å². The molecule has 3 aromatic rings. The molecule has 0 spiro atoms. The Kier molecular flexibility index (Phi) is 7.39. The van der Waals surface area contributed by atoms with E-state index in [1.165, 1.54) is 6.08 Å². The summed E-state index contributed by atoms with van der Waals surface area (Å²) in [5.41, 5.74) is 3.53. The Morgan fingerprint density at radius 2 is 2.08 bits per heavy atom. The van der Waals surface area contributed by atoms with E-state index < -0.39 is 0 Å². The van der Waals surface area contributed by atoms with Crippen LogP contribution in [-0.2, 0) is 4.79 Å². The standard InChI is InChI=1S/C28H27ClN4O3S/c1-3-27(34)33-12-9-17(10-13-33)20-15-21-24(16-25(20)36-2)30-11-8-26(21)37-19-6-7-23(22(29)14-19)32-28(35)31-18-4-5-18/h3,6-9,11,14-16,18H,1,4-5,10,12-13H2,2H3,(H2,31,32,35). The van der Waals surface area contributed by atoms with Crippen LogP contribution >= 0.6 is 23.4 Å². The van der Waals surface area contributed by atoms with Gasteiger partial charge >= 0.3 is 6.03 Å². The maximum Gasteiger partial charge on any atom is 0.319 e. The van der Waals surface area contributed by atoms with E-state index in [1.807, 2.05) is 30.3 Å². The van der Waals surface area contributed by atoms with Crippen LogP contribution in [-0.4, -0.2) is 48.1 Å². The second-order valence-electron chi connectivity index (χ2n) is 8.96. The van der Waals surface area contributed by atoms with Gasteiger partial charge in [-0.25, -0.2) is 4.79 Å². The summed E-state index contributed by atoms with van der Waals surface area (Å²) < 4.78 is 5.71. The molecule has 1 aliphatic carbocycles. The lowest BCUT2D eigenvalue weighted by Crippen LogP contribution is -2.33. The number of rotatable bonds is 7. The van der Waals surface area contributed by atoms with Crippen molar-refractivity contribution in [3.05, 3.63) is 71.9 Å². The van der Waals surface area contributed by atoms with E-state index in [1.54, 1.807) is 30.0 Å². The van der Waals surface area contributed by atoms with Crippen molar-refractivity contribution in [3.8, 4) is 5.75 Å². The number of halogens is 1. The third-order valence-corrected chi connectivity index (χ3v) is 7.77. The third-order valence-electron chi connectivity index (χ3n) is 6.39. The minimum atomic E-state index is -0.236. The van der Waals surface area contributed by atoms with Crippen molar-refractivity contribution in [2.24, 2.45) is 0 Å². The maximum absolute atomic E-state index is 12.1. The van der Waals surface area contributed by atoms with E-state index >= 15 is 0 Å². The zero-order chi connectivity index (χ0) is 25.9. The first-order chi connectivity index (χ1) is 17.9. The molecule has 1 saturated carbocycles. The van der Waals surface area contributed by atoms with Gasteiger partial charge in [-0.3, -0.25) is 9.78 Å². The summed E-state index contributed by atoms with van der Waals surface area (Å²) in [5.74, 6) is 0.687. The summed E-state index contributed by atoms with van der Waals surface area (Å²) >= 11 is 8.07. The fraction of sp³-hybridized carbons (Fsp3) is 0.250. The lowest BCUT2D eigenvalue weighted by Gasteiger charge is -2.26. The van der Waals surface area contributed by atoms with Gasteiger partial charge < -0.3 is 20.3 Å². The number of nitrogens with one attached hydrogen (secondary N) is 2. The molecular weight excluding hydrogens is 508 g/mol. The summed E-state index contributed by atoms with van der Waals surface area (Å²) in [7, 11) is 1.66. The number of methoxy groups -OCH3 is 1. The number of anilines is 1. The molecule has 0 saturated heterocycles. The number of ether oxygens (including phenoxy) is 1. The molecular formula is C28H27ClN4O3S. The molecule has 2 N–H and O–H groups in total. The molecule has 2 aromatic carbocycles. The maximum atomic E-state index is 12.1. The van der Waals surface area contributed by atoms with Crippen molar-refractivity contribution in [3.63, 3.8) is 0 Å². The van der Waals surface area contributed by atoms with Crippen LogP contribution in [0.5, 0.6) is 5.75 Å². The summed E-state index contributed by atoms with van der Waals surface area (Å²) in [4.78, 5) is 32.4. The van der Waals surface area contributed by atoms with Gasteiger partial charge in [-0.1, -0.05) is 36.0 Å². The van der Waals surface area contributed by atoms with E-state index in [0.29, 0.717) is 23.8 Å². The van der Waals surface area contributed by atoms with Gasteiger partial charge in [-0.2, -0.15) is 0 Å². The molecule has 37 heavy (non-hydrogen) atoms. The fourth-order valence-electron chi connectivity index (χ4n) is 4.26. The highest BCUT2D eigenvalue weighted by atomic mass is 35.5. The predicted octanol–water partition coefficient (Wildman–Crippen LogP) is 6.13. The largest absolute Gasteiger partial charge is 0.496 e. The van der Waals surface area contributed by atoms with Gasteiger partial charge in [0.15, 0.2) is 0 Å². The smallest absolute Gasteiger partial charge is 0.319 e. The average molecular weight is 535 g/mol. The molecule has 0 radical (unpaired) electrons. The van der Waals surface area contributed by atoms with Gasteiger partial charge in [0.05, 0.1) is 23.3 Å². The van der Waals surface area contributed by atoms with E-state index in [-0.39, 0.29) is 18.0 Å². The van der Waals surface area contributed by atoms with Gasteiger partial charge in [-0.15, -0.1) is 0 Å². The van der Waals surface area contributed by atoms with E-state index in [2.05, 4.69) is 34.3 Å². The van der Waals surface area contributed by atoms with Gasteiger partial charge in [0, 0.05) is 52.1 Å². The van der Waals surface area contributed by atoms with Crippen molar-refractivity contribution in [2.45, 2.75) is 35.1 Å². The van der Waals surface area contributed by atoms with E-state index in [9.17, 15) is 9.59 Å². The first kappa shape index (κ1) is 25.2.